The van der Waals surface area contributed by atoms with E-state index in [0.717, 1.165) is 19.4 Å². The molecule has 1 aromatic carbocycles. The number of hydrogen-bond donors (Lipinski definition) is 2. The van der Waals surface area contributed by atoms with Gasteiger partial charge in [0.15, 0.2) is 0 Å². The van der Waals surface area contributed by atoms with E-state index in [-0.39, 0.29) is 15.1 Å². The summed E-state index contributed by atoms with van der Waals surface area (Å²) in [7, 11) is 0. The molecule has 0 aliphatic heterocycles. The van der Waals surface area contributed by atoms with E-state index in [0.29, 0.717) is 16.4 Å². The molecular weight excluding hydrogens is 290 g/mol. The van der Waals surface area contributed by atoms with Crippen LogP contribution in [0.15, 0.2) is 0 Å². The van der Waals surface area contributed by atoms with Gasteiger partial charge in [-0.2, -0.15) is 0 Å². The Morgan fingerprint density at radius 2 is 1.56 bits per heavy atom. The molecule has 0 spiro atoms. The van der Waals surface area contributed by atoms with E-state index in [1.54, 1.807) is 0 Å². The van der Waals surface area contributed by atoms with Crippen LogP contribution in [0.25, 0.3) is 0 Å². The minimum Gasteiger partial charge on any atom is -0.396 e. The summed E-state index contributed by atoms with van der Waals surface area (Å²) in [5.41, 5.74) is 6.69. The topological polar surface area (TPSA) is 38.0 Å². The number of halogens is 4. The predicted octanol–water partition coefficient (Wildman–Crippen LogP) is 5.09. The summed E-state index contributed by atoms with van der Waals surface area (Å²) >= 11 is 23.8. The van der Waals surface area contributed by atoms with E-state index in [9.17, 15) is 0 Å². The van der Waals surface area contributed by atoms with Crippen molar-refractivity contribution in [3.8, 4) is 0 Å². The van der Waals surface area contributed by atoms with Crippen LogP contribution >= 0.6 is 46.4 Å². The maximum Gasteiger partial charge on any atom is 0.0861 e. The molecule has 6 heteroatoms. The van der Waals surface area contributed by atoms with Crippen molar-refractivity contribution >= 4 is 57.8 Å². The van der Waals surface area contributed by atoms with Gasteiger partial charge in [-0.1, -0.05) is 59.7 Å². The molecule has 2 nitrogen and oxygen atoms in total. The van der Waals surface area contributed by atoms with Crippen molar-refractivity contribution in [2.75, 3.05) is 17.6 Å². The highest BCUT2D eigenvalue weighted by molar-refractivity contribution is 6.54. The maximum atomic E-state index is 6.04. The van der Waals surface area contributed by atoms with Gasteiger partial charge in [0.25, 0.3) is 0 Å². The van der Waals surface area contributed by atoms with Crippen molar-refractivity contribution in [3.63, 3.8) is 0 Å². The maximum absolute atomic E-state index is 6.04. The lowest BCUT2D eigenvalue weighted by atomic mass is 10.2. The van der Waals surface area contributed by atoms with Gasteiger partial charge in [0.05, 0.1) is 31.5 Å². The third-order valence-electron chi connectivity index (χ3n) is 2.14. The molecule has 1 rings (SSSR count). The molecule has 0 aliphatic rings. The Hall–Kier alpha value is -0.0200. The van der Waals surface area contributed by atoms with Gasteiger partial charge < -0.3 is 11.1 Å². The molecule has 0 atom stereocenters. The first-order chi connectivity index (χ1) is 7.50. The van der Waals surface area contributed by atoms with Crippen molar-refractivity contribution in [1.29, 1.82) is 0 Å². The number of rotatable bonds is 4. The van der Waals surface area contributed by atoms with Crippen molar-refractivity contribution < 1.29 is 0 Å². The number of anilines is 2. The summed E-state index contributed by atoms with van der Waals surface area (Å²) in [6.45, 7) is 2.85. The lowest BCUT2D eigenvalue weighted by molar-refractivity contribution is 0.834. The van der Waals surface area contributed by atoms with Gasteiger partial charge in [-0.15, -0.1) is 0 Å². The third kappa shape index (κ3) is 2.80. The number of unbranched alkanes of at least 4 members (excludes halogenated alkanes) is 1. The Bertz CT molecular complexity index is 364. The summed E-state index contributed by atoms with van der Waals surface area (Å²) in [6.07, 6.45) is 2.08. The van der Waals surface area contributed by atoms with E-state index in [1.165, 1.54) is 0 Å². The number of nitrogens with one attached hydrogen (secondary N) is 1. The summed E-state index contributed by atoms with van der Waals surface area (Å²) in [5.74, 6) is 0. The fraction of sp³-hybridized carbons (Fsp3) is 0.400. The molecule has 3 N–H and O–H groups in total. The first-order valence-corrected chi connectivity index (χ1v) is 6.37. The molecular formula is C10H12Cl4N2. The lowest BCUT2D eigenvalue weighted by Gasteiger charge is -2.14. The predicted molar refractivity (Wildman–Crippen MR) is 74.3 cm³/mol. The number of benzene rings is 1. The second kappa shape index (κ2) is 6.06. The highest BCUT2D eigenvalue weighted by Crippen LogP contribution is 2.45. The Balaban J connectivity index is 3.08. The van der Waals surface area contributed by atoms with Gasteiger partial charge in [-0.3, -0.25) is 0 Å². The zero-order valence-corrected chi connectivity index (χ0v) is 11.7. The smallest absolute Gasteiger partial charge is 0.0861 e. The quantitative estimate of drug-likeness (QED) is 0.352. The van der Waals surface area contributed by atoms with E-state index in [2.05, 4.69) is 12.2 Å². The summed E-state index contributed by atoms with van der Waals surface area (Å²) in [5, 5.41) is 4.06. The van der Waals surface area contributed by atoms with Crippen LogP contribution in [0, 0.1) is 0 Å². The van der Waals surface area contributed by atoms with Gasteiger partial charge >= 0.3 is 0 Å². The molecule has 0 fully saturated rings. The largest absolute Gasteiger partial charge is 0.396 e. The molecule has 0 unspecified atom stereocenters. The number of nitrogens with two attached hydrogens (primary N) is 1. The van der Waals surface area contributed by atoms with Crippen LogP contribution in [-0.4, -0.2) is 6.54 Å². The van der Waals surface area contributed by atoms with Crippen LogP contribution in [0.5, 0.6) is 0 Å². The SMILES string of the molecule is CCCCNc1c(N)c(Cl)c(Cl)c(Cl)c1Cl. The van der Waals surface area contributed by atoms with Gasteiger partial charge in [0, 0.05) is 6.54 Å². The molecule has 0 aromatic heterocycles. The van der Waals surface area contributed by atoms with Gasteiger partial charge in [0.2, 0.25) is 0 Å². The first kappa shape index (κ1) is 14.0. The summed E-state index contributed by atoms with van der Waals surface area (Å²) < 4.78 is 0. The van der Waals surface area contributed by atoms with E-state index >= 15 is 0 Å². The van der Waals surface area contributed by atoms with Crippen LogP contribution in [-0.2, 0) is 0 Å². The standard InChI is InChI=1S/C10H12Cl4N2/c1-2-3-4-16-10-8(14)6(12)5(11)7(13)9(10)15/h16H,2-4,15H2,1H3. The Morgan fingerprint density at radius 1 is 1.00 bits per heavy atom. The fourth-order valence-electron chi connectivity index (χ4n) is 1.21. The Morgan fingerprint density at radius 3 is 2.12 bits per heavy atom. The van der Waals surface area contributed by atoms with Gasteiger partial charge in [-0.05, 0) is 6.42 Å². The van der Waals surface area contributed by atoms with Crippen LogP contribution in [0.1, 0.15) is 19.8 Å². The van der Waals surface area contributed by atoms with Crippen LogP contribution in [0.2, 0.25) is 20.1 Å². The van der Waals surface area contributed by atoms with E-state index in [4.69, 9.17) is 52.1 Å². The normalized spacial score (nSPS) is 10.6. The number of nitrogen functional groups attached to an aromatic ring is 1. The molecule has 0 aliphatic carbocycles. The third-order valence-corrected chi connectivity index (χ3v) is 3.95. The molecule has 90 valence electrons. The molecule has 0 bridgehead atoms. The fourth-order valence-corrected chi connectivity index (χ4v) is 2.15. The number of hydrogen-bond acceptors (Lipinski definition) is 2. The zero-order chi connectivity index (χ0) is 12.3. The zero-order valence-electron chi connectivity index (χ0n) is 8.71. The first-order valence-electron chi connectivity index (χ1n) is 4.86. The average molecular weight is 302 g/mol. The molecule has 16 heavy (non-hydrogen) atoms. The molecule has 1 aromatic rings. The van der Waals surface area contributed by atoms with Gasteiger partial charge in [0.1, 0.15) is 0 Å². The molecule has 0 radical (unpaired) electrons. The highest BCUT2D eigenvalue weighted by Gasteiger charge is 2.17. The van der Waals surface area contributed by atoms with Crippen molar-refractivity contribution in [2.45, 2.75) is 19.8 Å². The Kier molecular flexibility index (Phi) is 5.32. The summed E-state index contributed by atoms with van der Waals surface area (Å²) in [4.78, 5) is 0. The second-order valence-corrected chi connectivity index (χ2v) is 4.84. The monoisotopic (exact) mass is 300 g/mol. The highest BCUT2D eigenvalue weighted by atomic mass is 35.5. The lowest BCUT2D eigenvalue weighted by Crippen LogP contribution is -2.05. The minimum absolute atomic E-state index is 0.187. The Labute approximate surface area is 115 Å². The molecule has 0 saturated carbocycles. The van der Waals surface area contributed by atoms with Crippen molar-refractivity contribution in [3.05, 3.63) is 20.1 Å². The molecule has 0 amide bonds. The minimum atomic E-state index is 0.187. The van der Waals surface area contributed by atoms with E-state index < -0.39 is 0 Å². The molecule has 0 heterocycles. The second-order valence-electron chi connectivity index (χ2n) is 3.32. The van der Waals surface area contributed by atoms with Gasteiger partial charge in [-0.25, -0.2) is 0 Å². The van der Waals surface area contributed by atoms with E-state index in [1.807, 2.05) is 0 Å². The van der Waals surface area contributed by atoms with Crippen LogP contribution in [0.4, 0.5) is 11.4 Å². The molecule has 0 saturated heterocycles. The van der Waals surface area contributed by atoms with Crippen molar-refractivity contribution in [2.24, 2.45) is 0 Å². The van der Waals surface area contributed by atoms with Crippen molar-refractivity contribution in [1.82, 2.24) is 0 Å². The van der Waals surface area contributed by atoms with Crippen LogP contribution < -0.4 is 11.1 Å². The van der Waals surface area contributed by atoms with Crippen LogP contribution in [0.3, 0.4) is 0 Å². The average Bonchev–Trinajstić information content (AvgIpc) is 2.28. The summed E-state index contributed by atoms with van der Waals surface area (Å²) in [6, 6.07) is 0.